The van der Waals surface area contributed by atoms with Crippen molar-refractivity contribution in [1.82, 2.24) is 9.80 Å². The molecule has 0 aliphatic heterocycles. The fourth-order valence-corrected chi connectivity index (χ4v) is 3.73. The minimum absolute atomic E-state index is 0.0143. The number of benzene rings is 3. The van der Waals surface area contributed by atoms with Gasteiger partial charge in [0.2, 0.25) is 5.91 Å². The SMILES string of the molecule is CCCN(CCC(=O)N(CCc1ccccc1)Cc1ccccc1)C(=O)Nc1ccccc1F. The van der Waals surface area contributed by atoms with Crippen molar-refractivity contribution >= 4 is 17.6 Å². The number of carbonyl (C=O) groups excluding carboxylic acids is 2. The number of nitrogens with one attached hydrogen (secondary N) is 1. The Balaban J connectivity index is 1.64. The van der Waals surface area contributed by atoms with Crippen LogP contribution >= 0.6 is 0 Å². The summed E-state index contributed by atoms with van der Waals surface area (Å²) in [7, 11) is 0. The van der Waals surface area contributed by atoms with Gasteiger partial charge in [-0.25, -0.2) is 9.18 Å². The molecular weight excluding hydrogens is 429 g/mol. The Morgan fingerprint density at radius 1 is 0.765 bits per heavy atom. The van der Waals surface area contributed by atoms with Crippen molar-refractivity contribution < 1.29 is 14.0 Å². The summed E-state index contributed by atoms with van der Waals surface area (Å²) >= 11 is 0. The van der Waals surface area contributed by atoms with Crippen LogP contribution in [0.5, 0.6) is 0 Å². The van der Waals surface area contributed by atoms with Crippen LogP contribution in [0.1, 0.15) is 30.9 Å². The van der Waals surface area contributed by atoms with Crippen LogP contribution in [-0.4, -0.2) is 41.4 Å². The summed E-state index contributed by atoms with van der Waals surface area (Å²) in [5.41, 5.74) is 2.37. The van der Waals surface area contributed by atoms with Crippen LogP contribution in [0.4, 0.5) is 14.9 Å². The first-order chi connectivity index (χ1) is 16.6. The lowest BCUT2D eigenvalue weighted by atomic mass is 10.1. The van der Waals surface area contributed by atoms with Crippen molar-refractivity contribution in [3.63, 3.8) is 0 Å². The van der Waals surface area contributed by atoms with Crippen molar-refractivity contribution in [2.45, 2.75) is 32.7 Å². The second kappa shape index (κ2) is 13.1. The van der Waals surface area contributed by atoms with Crippen molar-refractivity contribution in [2.24, 2.45) is 0 Å². The predicted octanol–water partition coefficient (Wildman–Crippen LogP) is 5.73. The Labute approximate surface area is 201 Å². The first kappa shape index (κ1) is 25.0. The molecule has 0 aliphatic rings. The maximum Gasteiger partial charge on any atom is 0.321 e. The number of halogens is 1. The molecule has 3 aromatic rings. The number of amides is 3. The molecule has 5 nitrogen and oxygen atoms in total. The monoisotopic (exact) mass is 461 g/mol. The van der Waals surface area contributed by atoms with E-state index in [9.17, 15) is 14.0 Å². The summed E-state index contributed by atoms with van der Waals surface area (Å²) in [5, 5.41) is 2.62. The highest BCUT2D eigenvalue weighted by Gasteiger charge is 2.19. The van der Waals surface area contributed by atoms with Gasteiger partial charge in [0.05, 0.1) is 5.69 Å². The predicted molar refractivity (Wildman–Crippen MR) is 134 cm³/mol. The average Bonchev–Trinajstić information content (AvgIpc) is 2.86. The minimum Gasteiger partial charge on any atom is -0.338 e. The summed E-state index contributed by atoms with van der Waals surface area (Å²) in [6.07, 6.45) is 1.69. The molecule has 34 heavy (non-hydrogen) atoms. The van der Waals surface area contributed by atoms with Crippen molar-refractivity contribution in [2.75, 3.05) is 25.0 Å². The highest BCUT2D eigenvalue weighted by molar-refractivity contribution is 5.89. The molecule has 1 N–H and O–H groups in total. The Hall–Kier alpha value is -3.67. The molecule has 0 aliphatic carbocycles. The average molecular weight is 462 g/mol. The summed E-state index contributed by atoms with van der Waals surface area (Å²) in [4.78, 5) is 29.4. The Morgan fingerprint density at radius 3 is 2.03 bits per heavy atom. The number of carbonyl (C=O) groups is 2. The highest BCUT2D eigenvalue weighted by atomic mass is 19.1. The van der Waals surface area contributed by atoms with Crippen LogP contribution in [0.25, 0.3) is 0 Å². The van der Waals surface area contributed by atoms with E-state index in [1.165, 1.54) is 17.7 Å². The number of urea groups is 1. The van der Waals surface area contributed by atoms with Crippen LogP contribution in [-0.2, 0) is 17.8 Å². The maximum absolute atomic E-state index is 14.0. The molecule has 0 bridgehead atoms. The van der Waals surface area contributed by atoms with Gasteiger partial charge in [0.15, 0.2) is 0 Å². The standard InChI is InChI=1S/C28H32FN3O2/c1-2-19-31(28(34)30-26-16-10-9-15-25(26)29)21-18-27(33)32(22-24-13-7-4-8-14-24)20-17-23-11-5-3-6-12-23/h3-16H,2,17-22H2,1H3,(H,30,34). The number of hydrogen-bond acceptors (Lipinski definition) is 2. The zero-order valence-corrected chi connectivity index (χ0v) is 19.6. The molecule has 0 saturated carbocycles. The smallest absolute Gasteiger partial charge is 0.321 e. The van der Waals surface area contributed by atoms with E-state index in [0.29, 0.717) is 19.6 Å². The van der Waals surface area contributed by atoms with E-state index in [0.717, 1.165) is 18.4 Å². The van der Waals surface area contributed by atoms with Gasteiger partial charge in [-0.3, -0.25) is 4.79 Å². The van der Waals surface area contributed by atoms with E-state index in [1.807, 2.05) is 60.4 Å². The van der Waals surface area contributed by atoms with Gasteiger partial charge in [-0.2, -0.15) is 0 Å². The number of para-hydroxylation sites is 1. The van der Waals surface area contributed by atoms with Gasteiger partial charge in [-0.1, -0.05) is 79.7 Å². The Bertz CT molecular complexity index is 1040. The van der Waals surface area contributed by atoms with Gasteiger partial charge >= 0.3 is 6.03 Å². The second-order valence-corrected chi connectivity index (χ2v) is 8.18. The minimum atomic E-state index is -0.488. The zero-order chi connectivity index (χ0) is 24.2. The van der Waals surface area contributed by atoms with Gasteiger partial charge in [-0.15, -0.1) is 0 Å². The maximum atomic E-state index is 14.0. The molecule has 0 saturated heterocycles. The molecule has 3 amide bonds. The molecule has 0 atom stereocenters. The molecule has 6 heteroatoms. The van der Waals surface area contributed by atoms with Crippen molar-refractivity contribution in [3.05, 3.63) is 102 Å². The van der Waals surface area contributed by atoms with Gasteiger partial charge in [-0.05, 0) is 36.1 Å². The third-order valence-corrected chi connectivity index (χ3v) is 5.57. The fourth-order valence-electron chi connectivity index (χ4n) is 3.73. The molecular formula is C28H32FN3O2. The van der Waals surface area contributed by atoms with Crippen molar-refractivity contribution in [1.29, 1.82) is 0 Å². The van der Waals surface area contributed by atoms with Gasteiger partial charge in [0, 0.05) is 32.6 Å². The molecule has 178 valence electrons. The Kier molecular flexibility index (Phi) is 9.65. The number of anilines is 1. The van der Waals surface area contributed by atoms with E-state index < -0.39 is 11.8 Å². The van der Waals surface area contributed by atoms with Gasteiger partial charge < -0.3 is 15.1 Å². The highest BCUT2D eigenvalue weighted by Crippen LogP contribution is 2.14. The first-order valence-corrected chi connectivity index (χ1v) is 11.7. The summed E-state index contributed by atoms with van der Waals surface area (Å²) in [5.74, 6) is -0.502. The molecule has 0 aromatic heterocycles. The quantitative estimate of drug-likeness (QED) is 0.396. The second-order valence-electron chi connectivity index (χ2n) is 8.18. The van der Waals surface area contributed by atoms with E-state index >= 15 is 0 Å². The number of nitrogens with zero attached hydrogens (tertiary/aromatic N) is 2. The van der Waals surface area contributed by atoms with E-state index in [4.69, 9.17) is 0 Å². The third kappa shape index (κ3) is 7.73. The van der Waals surface area contributed by atoms with E-state index in [2.05, 4.69) is 17.4 Å². The zero-order valence-electron chi connectivity index (χ0n) is 19.6. The summed E-state index contributed by atoms with van der Waals surface area (Å²) < 4.78 is 14.0. The molecule has 0 heterocycles. The first-order valence-electron chi connectivity index (χ1n) is 11.7. The largest absolute Gasteiger partial charge is 0.338 e. The summed E-state index contributed by atoms with van der Waals surface area (Å²) in [6.45, 7) is 3.82. The van der Waals surface area contributed by atoms with Crippen molar-refractivity contribution in [3.8, 4) is 0 Å². The van der Waals surface area contributed by atoms with E-state index in [1.54, 1.807) is 17.0 Å². The molecule has 3 rings (SSSR count). The van der Waals surface area contributed by atoms with Crippen LogP contribution in [0.3, 0.4) is 0 Å². The van der Waals surface area contributed by atoms with Crippen LogP contribution in [0.2, 0.25) is 0 Å². The topological polar surface area (TPSA) is 52.7 Å². The lowest BCUT2D eigenvalue weighted by Crippen LogP contribution is -2.40. The van der Waals surface area contributed by atoms with Crippen LogP contribution < -0.4 is 5.32 Å². The van der Waals surface area contributed by atoms with Crippen LogP contribution in [0.15, 0.2) is 84.9 Å². The molecule has 0 fully saturated rings. The molecule has 0 unspecified atom stereocenters. The third-order valence-electron chi connectivity index (χ3n) is 5.57. The van der Waals surface area contributed by atoms with Gasteiger partial charge in [0.25, 0.3) is 0 Å². The summed E-state index contributed by atoms with van der Waals surface area (Å²) in [6, 6.07) is 25.6. The van der Waals surface area contributed by atoms with Gasteiger partial charge in [0.1, 0.15) is 5.82 Å². The fraction of sp³-hybridized carbons (Fsp3) is 0.286. The Morgan fingerprint density at radius 2 is 1.38 bits per heavy atom. The molecule has 3 aromatic carbocycles. The lowest BCUT2D eigenvalue weighted by molar-refractivity contribution is -0.132. The molecule has 0 spiro atoms. The number of hydrogen-bond donors (Lipinski definition) is 1. The molecule has 0 radical (unpaired) electrons. The lowest BCUT2D eigenvalue weighted by Gasteiger charge is -2.26. The normalized spacial score (nSPS) is 10.5. The van der Waals surface area contributed by atoms with Crippen LogP contribution in [0, 0.1) is 5.82 Å². The number of rotatable bonds is 11. The van der Waals surface area contributed by atoms with E-state index in [-0.39, 0.29) is 24.6 Å².